The van der Waals surface area contributed by atoms with Gasteiger partial charge in [-0.15, -0.1) is 0 Å². The number of halogens is 3. The van der Waals surface area contributed by atoms with Gasteiger partial charge in [0, 0.05) is 31.9 Å². The van der Waals surface area contributed by atoms with Crippen molar-refractivity contribution >= 4 is 38.4 Å². The Labute approximate surface area is 174 Å². The summed E-state index contributed by atoms with van der Waals surface area (Å²) in [5.74, 6) is 0.772. The highest BCUT2D eigenvalue weighted by molar-refractivity contribution is 7.22. The normalized spacial score (nSPS) is 14.8. The van der Waals surface area contributed by atoms with Crippen LogP contribution in [0.3, 0.4) is 0 Å². The quantitative estimate of drug-likeness (QED) is 0.648. The molecule has 1 N–H and O–H groups in total. The van der Waals surface area contributed by atoms with E-state index >= 15 is 0 Å². The van der Waals surface area contributed by atoms with Crippen molar-refractivity contribution in [2.75, 3.05) is 43.5 Å². The van der Waals surface area contributed by atoms with Gasteiger partial charge in [-0.3, -0.25) is 0 Å². The van der Waals surface area contributed by atoms with Crippen LogP contribution in [0.25, 0.3) is 10.2 Å². The number of hydrogen-bond donors (Lipinski definition) is 1. The number of hydrogen-bond acceptors (Lipinski definition) is 5. The van der Waals surface area contributed by atoms with Gasteiger partial charge in [-0.25, -0.2) is 9.78 Å². The number of fused-ring (bicyclic) bond motifs is 1. The van der Waals surface area contributed by atoms with Crippen molar-refractivity contribution in [1.82, 2.24) is 9.88 Å². The van der Waals surface area contributed by atoms with E-state index < -0.39 is 17.8 Å². The van der Waals surface area contributed by atoms with Crippen molar-refractivity contribution in [3.63, 3.8) is 0 Å². The number of thiazole rings is 1. The zero-order chi connectivity index (χ0) is 21.3. The fourth-order valence-electron chi connectivity index (χ4n) is 3.23. The van der Waals surface area contributed by atoms with E-state index in [-0.39, 0.29) is 5.69 Å². The summed E-state index contributed by atoms with van der Waals surface area (Å²) >= 11 is 1.56. The molecule has 1 saturated heterocycles. The average Bonchev–Trinajstić information content (AvgIpc) is 3.16. The Balaban J connectivity index is 1.38. The number of piperazine rings is 1. The molecule has 0 spiro atoms. The highest BCUT2D eigenvalue weighted by atomic mass is 32.1. The van der Waals surface area contributed by atoms with Crippen LogP contribution in [0.15, 0.2) is 42.5 Å². The van der Waals surface area contributed by atoms with E-state index in [4.69, 9.17) is 4.74 Å². The van der Waals surface area contributed by atoms with Gasteiger partial charge in [-0.2, -0.15) is 13.2 Å². The molecular weight excluding hydrogens is 417 g/mol. The second-order valence-electron chi connectivity index (χ2n) is 6.81. The van der Waals surface area contributed by atoms with Crippen molar-refractivity contribution < 1.29 is 22.7 Å². The maximum Gasteiger partial charge on any atom is 0.416 e. The Bertz CT molecular complexity index is 1060. The number of carbonyl (C=O) groups excluding carboxylic acids is 1. The number of methoxy groups -OCH3 is 1. The van der Waals surface area contributed by atoms with Crippen LogP contribution in [0.1, 0.15) is 5.56 Å². The predicted octanol–water partition coefficient (Wildman–Crippen LogP) is 4.68. The second kappa shape index (κ2) is 8.02. The van der Waals surface area contributed by atoms with Gasteiger partial charge < -0.3 is 19.9 Å². The topological polar surface area (TPSA) is 57.7 Å². The number of aromatic nitrogens is 1. The SMILES string of the molecule is COc1ccc2nc(N3CCN(C(=O)Nc4cccc(C(F)(F)F)c4)CC3)sc2c1. The molecule has 2 aromatic carbocycles. The van der Waals surface area contributed by atoms with E-state index in [0.29, 0.717) is 26.2 Å². The number of amides is 2. The van der Waals surface area contributed by atoms with Gasteiger partial charge in [-0.05, 0) is 36.4 Å². The van der Waals surface area contributed by atoms with E-state index in [1.54, 1.807) is 23.3 Å². The molecule has 1 fully saturated rings. The molecule has 1 aromatic heterocycles. The molecule has 10 heteroatoms. The first-order valence-corrected chi connectivity index (χ1v) is 10.1. The van der Waals surface area contributed by atoms with Crippen LogP contribution in [-0.4, -0.2) is 49.2 Å². The third kappa shape index (κ3) is 4.28. The first-order valence-electron chi connectivity index (χ1n) is 9.26. The molecule has 0 unspecified atom stereocenters. The van der Waals surface area contributed by atoms with Crippen LogP contribution >= 0.6 is 11.3 Å². The number of anilines is 2. The van der Waals surface area contributed by atoms with Gasteiger partial charge in [-0.1, -0.05) is 17.4 Å². The molecule has 0 aliphatic carbocycles. The van der Waals surface area contributed by atoms with Crippen LogP contribution < -0.4 is 15.0 Å². The van der Waals surface area contributed by atoms with Crippen molar-refractivity contribution in [2.45, 2.75) is 6.18 Å². The van der Waals surface area contributed by atoms with Gasteiger partial charge in [0.05, 0.1) is 22.9 Å². The maximum atomic E-state index is 12.8. The third-order valence-electron chi connectivity index (χ3n) is 4.86. The minimum Gasteiger partial charge on any atom is -0.497 e. The number of nitrogens with one attached hydrogen (secondary N) is 1. The molecule has 1 aliphatic rings. The van der Waals surface area contributed by atoms with Crippen molar-refractivity contribution in [2.24, 2.45) is 0 Å². The molecular formula is C20H19F3N4O2S. The van der Waals surface area contributed by atoms with Crippen LogP contribution in [0.4, 0.5) is 28.8 Å². The molecule has 0 bridgehead atoms. The maximum absolute atomic E-state index is 12.8. The fraction of sp³-hybridized carbons (Fsp3) is 0.300. The first kappa shape index (κ1) is 20.3. The lowest BCUT2D eigenvalue weighted by Crippen LogP contribution is -2.50. The first-order chi connectivity index (χ1) is 14.3. The summed E-state index contributed by atoms with van der Waals surface area (Å²) in [5, 5.41) is 3.43. The molecule has 3 aromatic rings. The minimum atomic E-state index is -4.45. The molecule has 1 aliphatic heterocycles. The standard InChI is InChI=1S/C20H19F3N4O2S/c1-29-15-5-6-16-17(12-15)30-19(25-16)27-9-7-26(8-10-27)18(28)24-14-4-2-3-13(11-14)20(21,22)23/h2-6,11-12H,7-10H2,1H3,(H,24,28). The lowest BCUT2D eigenvalue weighted by molar-refractivity contribution is -0.137. The average molecular weight is 436 g/mol. The molecule has 0 radical (unpaired) electrons. The molecule has 6 nitrogen and oxygen atoms in total. The van der Waals surface area contributed by atoms with Crippen LogP contribution in [0.2, 0.25) is 0 Å². The van der Waals surface area contributed by atoms with E-state index in [1.165, 1.54) is 12.1 Å². The summed E-state index contributed by atoms with van der Waals surface area (Å²) in [5.41, 5.74) is 0.218. The minimum absolute atomic E-state index is 0.123. The molecule has 0 atom stereocenters. The summed E-state index contributed by atoms with van der Waals surface area (Å²) in [6.45, 7) is 2.08. The Morgan fingerprint density at radius 1 is 1.13 bits per heavy atom. The molecule has 4 rings (SSSR count). The summed E-state index contributed by atoms with van der Waals surface area (Å²) < 4.78 is 44.8. The lowest BCUT2D eigenvalue weighted by Gasteiger charge is -2.34. The number of benzene rings is 2. The summed E-state index contributed by atoms with van der Waals surface area (Å²) in [4.78, 5) is 20.8. The predicted molar refractivity (Wildman–Crippen MR) is 110 cm³/mol. The van der Waals surface area contributed by atoms with Gasteiger partial charge in [0.15, 0.2) is 5.13 Å². The van der Waals surface area contributed by atoms with Gasteiger partial charge in [0.1, 0.15) is 5.75 Å². The van der Waals surface area contributed by atoms with Crippen LogP contribution in [0.5, 0.6) is 5.75 Å². The summed E-state index contributed by atoms with van der Waals surface area (Å²) in [6.07, 6.45) is -4.45. The zero-order valence-corrected chi connectivity index (χ0v) is 16.9. The van der Waals surface area contributed by atoms with E-state index in [1.807, 2.05) is 18.2 Å². The molecule has 30 heavy (non-hydrogen) atoms. The van der Waals surface area contributed by atoms with Gasteiger partial charge in [0.2, 0.25) is 0 Å². The Morgan fingerprint density at radius 2 is 1.90 bits per heavy atom. The number of nitrogens with zero attached hydrogens (tertiary/aromatic N) is 3. The highest BCUT2D eigenvalue weighted by Crippen LogP contribution is 2.32. The lowest BCUT2D eigenvalue weighted by atomic mass is 10.2. The molecule has 158 valence electrons. The smallest absolute Gasteiger partial charge is 0.416 e. The van der Waals surface area contributed by atoms with Crippen molar-refractivity contribution in [3.8, 4) is 5.75 Å². The zero-order valence-electron chi connectivity index (χ0n) is 16.1. The Hall–Kier alpha value is -3.01. The largest absolute Gasteiger partial charge is 0.497 e. The number of alkyl halides is 3. The summed E-state index contributed by atoms with van der Waals surface area (Å²) in [6, 6.07) is 9.93. The van der Waals surface area contributed by atoms with E-state index in [9.17, 15) is 18.0 Å². The van der Waals surface area contributed by atoms with Gasteiger partial charge in [0.25, 0.3) is 0 Å². The third-order valence-corrected chi connectivity index (χ3v) is 5.94. The number of rotatable bonds is 3. The molecule has 2 heterocycles. The second-order valence-corrected chi connectivity index (χ2v) is 7.82. The van der Waals surface area contributed by atoms with Crippen molar-refractivity contribution in [3.05, 3.63) is 48.0 Å². The van der Waals surface area contributed by atoms with E-state index in [2.05, 4.69) is 15.2 Å². The molecule has 0 saturated carbocycles. The van der Waals surface area contributed by atoms with Crippen LogP contribution in [-0.2, 0) is 6.18 Å². The highest BCUT2D eigenvalue weighted by Gasteiger charge is 2.31. The van der Waals surface area contributed by atoms with E-state index in [0.717, 1.165) is 33.2 Å². The number of ether oxygens (including phenoxy) is 1. The number of urea groups is 1. The molecule has 2 amide bonds. The number of carbonyl (C=O) groups is 1. The van der Waals surface area contributed by atoms with Crippen molar-refractivity contribution in [1.29, 1.82) is 0 Å². The van der Waals surface area contributed by atoms with Crippen LogP contribution in [0, 0.1) is 0 Å². The monoisotopic (exact) mass is 436 g/mol. The summed E-state index contributed by atoms with van der Waals surface area (Å²) in [7, 11) is 1.62. The Morgan fingerprint density at radius 3 is 2.60 bits per heavy atom. The Kier molecular flexibility index (Phi) is 5.42. The van der Waals surface area contributed by atoms with Gasteiger partial charge >= 0.3 is 12.2 Å². The fourth-order valence-corrected chi connectivity index (χ4v) is 4.28.